The monoisotopic (exact) mass is 1260 g/mol. The smallest absolute Gasteiger partial charge is 0.242 e. The van der Waals surface area contributed by atoms with Crippen molar-refractivity contribution in [1.82, 2.24) is 81.1 Å². The molecule has 21 heteroatoms. The van der Waals surface area contributed by atoms with Gasteiger partial charge >= 0.3 is 0 Å². The van der Waals surface area contributed by atoms with E-state index in [1.54, 1.807) is 0 Å². The number of rotatable bonds is 18. The van der Waals surface area contributed by atoms with E-state index in [1.807, 2.05) is 79.0 Å². The minimum Gasteiger partial charge on any atom is -0.338 e. The minimum atomic E-state index is -0.621. The fraction of sp³-hybridized carbons (Fsp3) is 0.928. The average molecular weight is 1260 g/mol. The van der Waals surface area contributed by atoms with Crippen molar-refractivity contribution in [3.05, 3.63) is 0 Å². The molecule has 0 radical (unpaired) electrons. The zero-order valence-corrected chi connectivity index (χ0v) is 60.6. The van der Waals surface area contributed by atoms with E-state index in [4.69, 9.17) is 0 Å². The number of nitrogens with zero attached hydrogens (tertiary/aromatic N) is 11. The molecule has 6 aliphatic heterocycles. The van der Waals surface area contributed by atoms with Crippen molar-refractivity contribution in [1.29, 1.82) is 0 Å². The first-order valence-electron chi connectivity index (χ1n) is 35.5. The van der Waals surface area contributed by atoms with Crippen molar-refractivity contribution in [3.8, 4) is 0 Å². The van der Waals surface area contributed by atoms with Crippen LogP contribution in [0.5, 0.6) is 0 Å². The maximum absolute atomic E-state index is 14.1. The fourth-order valence-electron chi connectivity index (χ4n) is 18.2. The summed E-state index contributed by atoms with van der Waals surface area (Å²) in [6, 6.07) is 1.20. The highest BCUT2D eigenvalue weighted by atomic mass is 16.2. The molecule has 3 saturated carbocycles. The predicted octanol–water partition coefficient (Wildman–Crippen LogP) is 6.36. The van der Waals surface area contributed by atoms with Gasteiger partial charge < -0.3 is 24.5 Å². The molecule has 9 fully saturated rings. The van der Waals surface area contributed by atoms with Crippen molar-refractivity contribution < 1.29 is 24.0 Å². The van der Waals surface area contributed by atoms with Gasteiger partial charge in [-0.25, -0.2) is 30.1 Å². The maximum Gasteiger partial charge on any atom is 0.242 e. The van der Waals surface area contributed by atoms with Gasteiger partial charge in [-0.1, -0.05) is 57.8 Å². The van der Waals surface area contributed by atoms with Crippen LogP contribution >= 0.6 is 0 Å². The van der Waals surface area contributed by atoms with Gasteiger partial charge in [0.15, 0.2) is 0 Å². The van der Waals surface area contributed by atoms with E-state index in [0.717, 1.165) is 78.2 Å². The van der Waals surface area contributed by atoms with Crippen LogP contribution in [0.4, 0.5) is 0 Å². The molecule has 0 aromatic heterocycles. The third kappa shape index (κ3) is 18.1. The third-order valence-electron chi connectivity index (χ3n) is 20.8. The molecule has 0 aromatic rings. The number of carbonyl (C=O) groups is 5. The largest absolute Gasteiger partial charge is 0.338 e. The molecular weight excluding hydrogens is 1130 g/mol. The van der Waals surface area contributed by atoms with Crippen molar-refractivity contribution in [2.24, 2.45) is 0 Å². The van der Waals surface area contributed by atoms with Gasteiger partial charge in [-0.2, -0.15) is 0 Å². The summed E-state index contributed by atoms with van der Waals surface area (Å²) in [4.78, 5) is 77.8. The molecule has 90 heavy (non-hydrogen) atoms. The lowest BCUT2D eigenvalue weighted by molar-refractivity contribution is -0.274. The summed E-state index contributed by atoms with van der Waals surface area (Å²) < 4.78 is 0. The Bertz CT molecular complexity index is 2250. The molecule has 9 rings (SSSR count). The zero-order valence-electron chi connectivity index (χ0n) is 60.6. The van der Waals surface area contributed by atoms with E-state index < -0.39 is 27.7 Å². The first-order chi connectivity index (χ1) is 41.5. The number of hydrogen-bond donors (Lipinski definition) is 5. The summed E-state index contributed by atoms with van der Waals surface area (Å²) in [5.74, 6) is 0.747. The van der Waals surface area contributed by atoms with Crippen molar-refractivity contribution >= 4 is 29.5 Å². The molecule has 21 nitrogen and oxygen atoms in total. The van der Waals surface area contributed by atoms with E-state index in [-0.39, 0.29) is 57.2 Å². The molecule has 9 aliphatic rings. The molecule has 0 bridgehead atoms. The van der Waals surface area contributed by atoms with Gasteiger partial charge in [-0.15, -0.1) is 0 Å². The predicted molar refractivity (Wildman–Crippen MR) is 360 cm³/mol. The van der Waals surface area contributed by atoms with Crippen LogP contribution in [0.3, 0.4) is 0 Å². The maximum atomic E-state index is 14.1. The number of hydrazine groups is 3. The Morgan fingerprint density at radius 3 is 0.656 bits per heavy atom. The Hall–Kier alpha value is -3.09. The summed E-state index contributed by atoms with van der Waals surface area (Å²) in [5.41, 5.74) is -3.83. The Morgan fingerprint density at radius 1 is 0.289 bits per heavy atom. The Morgan fingerprint density at radius 2 is 0.467 bits per heavy atom. The normalized spacial score (nSPS) is 28.5. The molecule has 6 heterocycles. The van der Waals surface area contributed by atoms with E-state index in [0.29, 0.717) is 83.6 Å². The van der Waals surface area contributed by atoms with E-state index >= 15 is 0 Å². The molecule has 0 atom stereocenters. The fourth-order valence-corrected chi connectivity index (χ4v) is 18.2. The molecule has 3 aliphatic carbocycles. The van der Waals surface area contributed by atoms with Gasteiger partial charge in [-0.3, -0.25) is 50.6 Å². The van der Waals surface area contributed by atoms with Crippen LogP contribution in [0.2, 0.25) is 0 Å². The molecule has 5 amide bonds. The van der Waals surface area contributed by atoms with Crippen LogP contribution in [-0.2, 0) is 24.0 Å². The van der Waals surface area contributed by atoms with Gasteiger partial charge in [0, 0.05) is 131 Å². The number of carbonyl (C=O) groups excluding carboxylic acids is 5. The van der Waals surface area contributed by atoms with Crippen LogP contribution in [0, 0.1) is 0 Å². The van der Waals surface area contributed by atoms with Gasteiger partial charge in [0.05, 0.1) is 47.7 Å². The minimum absolute atomic E-state index is 0.0999. The lowest BCUT2D eigenvalue weighted by Gasteiger charge is -2.57. The average Bonchev–Trinajstić information content (AvgIpc) is 1.03. The lowest BCUT2D eigenvalue weighted by atomic mass is 9.89. The number of amides is 5. The highest BCUT2D eigenvalue weighted by Gasteiger charge is 2.50. The summed E-state index contributed by atoms with van der Waals surface area (Å²) in [7, 11) is 0. The van der Waals surface area contributed by atoms with E-state index in [2.05, 4.69) is 141 Å². The van der Waals surface area contributed by atoms with Crippen molar-refractivity contribution in [2.75, 3.05) is 105 Å². The molecular formula is C69H130N16O5. The lowest BCUT2D eigenvalue weighted by Crippen LogP contribution is -2.73. The van der Waals surface area contributed by atoms with Gasteiger partial charge in [0.25, 0.3) is 0 Å². The van der Waals surface area contributed by atoms with Crippen LogP contribution < -0.4 is 26.6 Å². The standard InChI is InChI=1S/C51H96N12O3.C18H34N4O2/c1-46(2)34-55(43(64)49(7,8)52-46)28-31-61(40-22-16-13-17-23-40)58-37-59(62(41-24-18-14-19-25-41)32-29-56-35-47(3,4)53-50(9,10)44(56)65)39-60(38-58)63(42-26-20-15-21-27-42)33-30-57-36-48(5,6)54-51(11,12)45(57)66;1-15(2)11-21(13(23)17(5,6)19-15)9-10-22-12-16(3,4)20-18(7,8)14(22)24/h40-42,52-54H,13-39H2,1-12H3;19-20H,9-12H2,1-8H3. The van der Waals surface area contributed by atoms with Gasteiger partial charge in [0.1, 0.15) is 0 Å². The van der Waals surface area contributed by atoms with Gasteiger partial charge in [0.2, 0.25) is 29.5 Å². The van der Waals surface area contributed by atoms with Crippen molar-refractivity contribution in [2.45, 2.75) is 308 Å². The first-order valence-corrected chi connectivity index (χ1v) is 35.5. The third-order valence-corrected chi connectivity index (χ3v) is 20.8. The number of piperazine rings is 5. The Labute approximate surface area is 545 Å². The quantitative estimate of drug-likeness (QED) is 0.102. The molecule has 0 spiro atoms. The second-order valence-electron chi connectivity index (χ2n) is 35.1. The van der Waals surface area contributed by atoms with Crippen LogP contribution in [0.25, 0.3) is 0 Å². The highest BCUT2D eigenvalue weighted by molar-refractivity contribution is 5.89. The Balaban J connectivity index is 0.000000364. The van der Waals surface area contributed by atoms with Crippen molar-refractivity contribution in [3.63, 3.8) is 0 Å². The van der Waals surface area contributed by atoms with E-state index in [1.165, 1.54) is 57.8 Å². The highest BCUT2D eigenvalue weighted by Crippen LogP contribution is 2.34. The van der Waals surface area contributed by atoms with E-state index in [9.17, 15) is 24.0 Å². The molecule has 516 valence electrons. The molecule has 5 N–H and O–H groups in total. The Kier molecular flexibility index (Phi) is 22.3. The second kappa shape index (κ2) is 27.6. The molecule has 0 aromatic carbocycles. The van der Waals surface area contributed by atoms with Crippen LogP contribution in [-0.4, -0.2) is 263 Å². The van der Waals surface area contributed by atoms with Gasteiger partial charge in [-0.05, 0) is 177 Å². The topological polar surface area (TPSA) is 181 Å². The SMILES string of the molecule is CC1(C)CN(CCN(C2CCCCC2)N2CN(N(CCN3CC(C)(C)NC(C)(C)C3=O)C3CCCCC3)CN(N(CCN3CC(C)(C)NC(C)(C)C3=O)C3CCCCC3)C2)C(=O)C(C)(C)N1.CC1(C)CN(CCN2CC(C)(C)NC(C)(C)C2=O)C(=O)C(C)(C)N1. The van der Waals surface area contributed by atoms with Crippen LogP contribution in [0.1, 0.15) is 235 Å². The first kappa shape index (κ1) is 72.7. The second-order valence-corrected chi connectivity index (χ2v) is 35.1. The van der Waals surface area contributed by atoms with Crippen LogP contribution in [0.15, 0.2) is 0 Å². The summed E-state index contributed by atoms with van der Waals surface area (Å²) >= 11 is 0. The number of hydrogen-bond acceptors (Lipinski definition) is 16. The summed E-state index contributed by atoms with van der Waals surface area (Å²) in [6.07, 6.45) is 18.2. The molecule has 0 unspecified atom stereocenters. The number of nitrogens with one attached hydrogen (secondary N) is 5. The summed E-state index contributed by atoms with van der Waals surface area (Å²) in [5, 5.41) is 33.8. The summed E-state index contributed by atoms with van der Waals surface area (Å²) in [6.45, 7) is 52.9. The zero-order chi connectivity index (χ0) is 66.4. The molecule has 6 saturated heterocycles.